The lowest BCUT2D eigenvalue weighted by molar-refractivity contribution is -0.139. The number of ether oxygens (including phenoxy) is 1. The first-order chi connectivity index (χ1) is 13.1. The molecule has 0 aromatic heterocycles. The SMILES string of the molecule is CC=CC1=C(CC)C(=CC(=O)OCC(CC)CCCC)c2ccccc2C1. The van der Waals surface area contributed by atoms with Crippen molar-refractivity contribution >= 4 is 11.5 Å². The van der Waals surface area contributed by atoms with Crippen LogP contribution < -0.4 is 0 Å². The van der Waals surface area contributed by atoms with Crippen LogP contribution in [0.5, 0.6) is 0 Å². The summed E-state index contributed by atoms with van der Waals surface area (Å²) in [7, 11) is 0. The molecule has 146 valence electrons. The summed E-state index contributed by atoms with van der Waals surface area (Å²) >= 11 is 0. The average Bonchev–Trinajstić information content (AvgIpc) is 2.68. The van der Waals surface area contributed by atoms with Crippen LogP contribution in [0, 0.1) is 5.92 Å². The number of carbonyl (C=O) groups is 1. The highest BCUT2D eigenvalue weighted by Gasteiger charge is 2.21. The summed E-state index contributed by atoms with van der Waals surface area (Å²) in [6.45, 7) is 9.09. The van der Waals surface area contributed by atoms with Gasteiger partial charge < -0.3 is 4.74 Å². The molecule has 27 heavy (non-hydrogen) atoms. The van der Waals surface area contributed by atoms with E-state index in [-0.39, 0.29) is 5.97 Å². The van der Waals surface area contributed by atoms with Crippen molar-refractivity contribution in [2.75, 3.05) is 6.61 Å². The second-order valence-electron chi connectivity index (χ2n) is 7.30. The van der Waals surface area contributed by atoms with Gasteiger partial charge in [-0.15, -0.1) is 0 Å². The topological polar surface area (TPSA) is 26.3 Å². The highest BCUT2D eigenvalue weighted by Crippen LogP contribution is 2.37. The summed E-state index contributed by atoms with van der Waals surface area (Å²) in [4.78, 5) is 12.6. The molecule has 1 aliphatic rings. The largest absolute Gasteiger partial charge is 0.462 e. The van der Waals surface area contributed by atoms with Crippen molar-refractivity contribution in [3.05, 3.63) is 64.8 Å². The van der Waals surface area contributed by atoms with Gasteiger partial charge in [-0.25, -0.2) is 4.79 Å². The van der Waals surface area contributed by atoms with Crippen LogP contribution in [-0.2, 0) is 16.0 Å². The van der Waals surface area contributed by atoms with Gasteiger partial charge in [0.05, 0.1) is 6.61 Å². The number of allylic oxidation sites excluding steroid dienone is 5. The monoisotopic (exact) mass is 366 g/mol. The molecular formula is C25H34O2. The van der Waals surface area contributed by atoms with E-state index in [1.807, 2.05) is 13.0 Å². The fraction of sp³-hybridized carbons (Fsp3) is 0.480. The Morgan fingerprint density at radius 1 is 1.22 bits per heavy atom. The Morgan fingerprint density at radius 2 is 2.00 bits per heavy atom. The van der Waals surface area contributed by atoms with Crippen molar-refractivity contribution in [2.24, 2.45) is 5.92 Å². The van der Waals surface area contributed by atoms with Crippen LogP contribution in [0.3, 0.4) is 0 Å². The number of fused-ring (bicyclic) bond motifs is 1. The molecule has 0 heterocycles. The summed E-state index contributed by atoms with van der Waals surface area (Å²) in [5.74, 6) is 0.244. The summed E-state index contributed by atoms with van der Waals surface area (Å²) < 4.78 is 5.64. The minimum atomic E-state index is -0.220. The lowest BCUT2D eigenvalue weighted by Gasteiger charge is -2.24. The van der Waals surface area contributed by atoms with Gasteiger partial charge >= 0.3 is 5.97 Å². The first-order valence-electron chi connectivity index (χ1n) is 10.5. The molecule has 0 bridgehead atoms. The minimum absolute atomic E-state index is 0.220. The molecule has 0 amide bonds. The normalized spacial score (nSPS) is 16.7. The van der Waals surface area contributed by atoms with Gasteiger partial charge in [0.25, 0.3) is 0 Å². The van der Waals surface area contributed by atoms with E-state index in [1.165, 1.54) is 29.6 Å². The second-order valence-corrected chi connectivity index (χ2v) is 7.30. The standard InChI is InChI=1S/C25H34O2/c1-5-9-13-19(7-3)18-27-25(26)17-24-22(8-4)20(12-6-2)16-21-14-10-11-15-23(21)24/h6,10-12,14-15,17,19H,5,7-9,13,16,18H2,1-4H3. The number of rotatable bonds is 9. The predicted octanol–water partition coefficient (Wildman–Crippen LogP) is 6.67. The van der Waals surface area contributed by atoms with Crippen molar-refractivity contribution in [2.45, 2.75) is 66.2 Å². The highest BCUT2D eigenvalue weighted by molar-refractivity contribution is 5.98. The molecule has 1 aliphatic carbocycles. The maximum Gasteiger partial charge on any atom is 0.331 e. The molecule has 1 unspecified atom stereocenters. The molecule has 0 fully saturated rings. The van der Waals surface area contributed by atoms with Crippen LogP contribution >= 0.6 is 0 Å². The Morgan fingerprint density at radius 3 is 2.67 bits per heavy atom. The molecule has 1 aromatic rings. The number of hydrogen-bond acceptors (Lipinski definition) is 2. The van der Waals surface area contributed by atoms with Gasteiger partial charge in [-0.3, -0.25) is 0 Å². The summed E-state index contributed by atoms with van der Waals surface area (Å²) in [5.41, 5.74) is 6.02. The Labute approximate surface area is 165 Å². The van der Waals surface area contributed by atoms with Crippen molar-refractivity contribution in [1.82, 2.24) is 0 Å². The van der Waals surface area contributed by atoms with E-state index in [9.17, 15) is 4.79 Å². The smallest absolute Gasteiger partial charge is 0.331 e. The zero-order valence-electron chi connectivity index (χ0n) is 17.4. The van der Waals surface area contributed by atoms with Gasteiger partial charge in [-0.05, 0) is 60.0 Å². The number of esters is 1. The van der Waals surface area contributed by atoms with E-state index in [0.717, 1.165) is 36.8 Å². The van der Waals surface area contributed by atoms with Crippen LogP contribution in [0.1, 0.15) is 70.9 Å². The summed E-state index contributed by atoms with van der Waals surface area (Å²) in [6, 6.07) is 8.39. The van der Waals surface area contributed by atoms with Crippen molar-refractivity contribution in [3.8, 4) is 0 Å². The molecule has 0 radical (unpaired) electrons. The number of benzene rings is 1. The molecule has 0 N–H and O–H groups in total. The lowest BCUT2D eigenvalue weighted by Crippen LogP contribution is -2.14. The van der Waals surface area contributed by atoms with Gasteiger partial charge in [0.15, 0.2) is 0 Å². The van der Waals surface area contributed by atoms with Crippen molar-refractivity contribution in [1.29, 1.82) is 0 Å². The fourth-order valence-corrected chi connectivity index (χ4v) is 3.79. The Bertz CT molecular complexity index is 722. The van der Waals surface area contributed by atoms with Crippen LogP contribution in [0.4, 0.5) is 0 Å². The quantitative estimate of drug-likeness (QED) is 0.360. The van der Waals surface area contributed by atoms with E-state index < -0.39 is 0 Å². The average molecular weight is 367 g/mol. The van der Waals surface area contributed by atoms with E-state index >= 15 is 0 Å². The molecule has 0 spiro atoms. The molecule has 1 atom stereocenters. The second kappa shape index (κ2) is 10.9. The van der Waals surface area contributed by atoms with E-state index in [1.54, 1.807) is 6.08 Å². The molecular weight excluding hydrogens is 332 g/mol. The van der Waals surface area contributed by atoms with Gasteiger partial charge in [0, 0.05) is 6.08 Å². The summed E-state index contributed by atoms with van der Waals surface area (Å²) in [6.07, 6.45) is 12.4. The third kappa shape index (κ3) is 5.69. The van der Waals surface area contributed by atoms with Gasteiger partial charge in [0.2, 0.25) is 0 Å². The molecule has 1 aromatic carbocycles. The molecule has 2 rings (SSSR count). The van der Waals surface area contributed by atoms with E-state index in [0.29, 0.717) is 12.5 Å². The number of hydrogen-bond donors (Lipinski definition) is 0. The maximum absolute atomic E-state index is 12.6. The zero-order valence-corrected chi connectivity index (χ0v) is 17.4. The minimum Gasteiger partial charge on any atom is -0.462 e. The summed E-state index contributed by atoms with van der Waals surface area (Å²) in [5, 5.41) is 0. The third-order valence-corrected chi connectivity index (χ3v) is 5.39. The molecule has 0 saturated carbocycles. The van der Waals surface area contributed by atoms with Gasteiger partial charge in [0.1, 0.15) is 0 Å². The first kappa shape index (κ1) is 21.2. The number of unbranched alkanes of at least 4 members (excludes halogenated alkanes) is 1. The third-order valence-electron chi connectivity index (χ3n) is 5.39. The molecule has 2 heteroatoms. The predicted molar refractivity (Wildman–Crippen MR) is 115 cm³/mol. The van der Waals surface area contributed by atoms with Crippen LogP contribution in [0.15, 0.2) is 53.6 Å². The first-order valence-corrected chi connectivity index (χ1v) is 10.5. The van der Waals surface area contributed by atoms with Crippen molar-refractivity contribution < 1.29 is 9.53 Å². The molecule has 0 aliphatic heterocycles. The Kier molecular flexibility index (Phi) is 8.57. The van der Waals surface area contributed by atoms with Gasteiger partial charge in [-0.2, -0.15) is 0 Å². The maximum atomic E-state index is 12.6. The van der Waals surface area contributed by atoms with Crippen molar-refractivity contribution in [3.63, 3.8) is 0 Å². The van der Waals surface area contributed by atoms with Crippen LogP contribution in [0.25, 0.3) is 5.57 Å². The molecule has 0 saturated heterocycles. The fourth-order valence-electron chi connectivity index (χ4n) is 3.79. The highest BCUT2D eigenvalue weighted by atomic mass is 16.5. The van der Waals surface area contributed by atoms with Crippen LogP contribution in [-0.4, -0.2) is 12.6 Å². The van der Waals surface area contributed by atoms with Gasteiger partial charge in [-0.1, -0.05) is 76.5 Å². The molecule has 2 nitrogen and oxygen atoms in total. The van der Waals surface area contributed by atoms with E-state index in [2.05, 4.69) is 51.1 Å². The van der Waals surface area contributed by atoms with E-state index in [4.69, 9.17) is 4.74 Å². The van der Waals surface area contributed by atoms with Crippen LogP contribution in [0.2, 0.25) is 0 Å². The Balaban J connectivity index is 2.25. The lowest BCUT2D eigenvalue weighted by atomic mass is 9.80. The Hall–Kier alpha value is -2.09. The number of carbonyl (C=O) groups excluding carboxylic acids is 1. The zero-order chi connectivity index (χ0) is 19.6.